The van der Waals surface area contributed by atoms with Crippen molar-refractivity contribution in [2.24, 2.45) is 0 Å². The molecule has 104 valence electrons. The Balaban J connectivity index is 1.42. The zero-order chi connectivity index (χ0) is 13.2. The van der Waals surface area contributed by atoms with E-state index in [0.29, 0.717) is 12.0 Å². The predicted octanol–water partition coefficient (Wildman–Crippen LogP) is 0.613. The topological polar surface area (TPSA) is 64.3 Å². The minimum absolute atomic E-state index is 0.0935. The average Bonchev–Trinajstić information content (AvgIpc) is 2.87. The summed E-state index contributed by atoms with van der Waals surface area (Å²) in [4.78, 5) is 23.6. The van der Waals surface area contributed by atoms with Gasteiger partial charge in [-0.25, -0.2) is 9.78 Å². The molecular formula is C13H21N5O. The number of hydrogen-bond donors (Lipinski definition) is 2. The molecule has 0 radical (unpaired) electrons. The molecule has 0 aromatic carbocycles. The molecule has 3 rings (SSSR count). The van der Waals surface area contributed by atoms with E-state index in [-0.39, 0.29) is 6.03 Å². The molecule has 0 unspecified atom stereocenters. The molecule has 0 spiro atoms. The Hall–Kier alpha value is -1.56. The van der Waals surface area contributed by atoms with Crippen molar-refractivity contribution in [2.45, 2.75) is 24.8 Å². The number of amides is 2. The lowest BCUT2D eigenvalue weighted by Crippen LogP contribution is -2.54. The maximum absolute atomic E-state index is 12.1. The molecule has 1 aliphatic carbocycles. The first-order valence-corrected chi connectivity index (χ1v) is 6.95. The molecule has 0 atom stereocenters. The summed E-state index contributed by atoms with van der Waals surface area (Å²) in [6.07, 6.45) is 5.62. The van der Waals surface area contributed by atoms with Gasteiger partial charge in [0.05, 0.1) is 0 Å². The Morgan fingerprint density at radius 2 is 2.11 bits per heavy atom. The second-order valence-electron chi connectivity index (χ2n) is 5.58. The second-order valence-corrected chi connectivity index (χ2v) is 5.58. The number of H-pyrrole nitrogens is 1. The summed E-state index contributed by atoms with van der Waals surface area (Å²) in [5.74, 6) is 1.53. The number of aromatic amines is 1. The fraction of sp³-hybridized carbons (Fsp3) is 0.692. The monoisotopic (exact) mass is 263 g/mol. The van der Waals surface area contributed by atoms with Gasteiger partial charge in [0.2, 0.25) is 0 Å². The molecule has 2 N–H and O–H groups in total. The van der Waals surface area contributed by atoms with Crippen LogP contribution < -0.4 is 5.32 Å². The van der Waals surface area contributed by atoms with E-state index in [4.69, 9.17) is 0 Å². The Kier molecular flexibility index (Phi) is 3.42. The van der Waals surface area contributed by atoms with Gasteiger partial charge in [-0.3, -0.25) is 0 Å². The van der Waals surface area contributed by atoms with Gasteiger partial charge in [0.15, 0.2) is 0 Å². The number of aromatic nitrogens is 2. The van der Waals surface area contributed by atoms with Crippen LogP contribution in [-0.2, 0) is 0 Å². The molecule has 2 aliphatic rings. The van der Waals surface area contributed by atoms with Crippen LogP contribution in [0.15, 0.2) is 12.4 Å². The molecule has 19 heavy (non-hydrogen) atoms. The summed E-state index contributed by atoms with van der Waals surface area (Å²) in [7, 11) is 2.09. The maximum Gasteiger partial charge on any atom is 0.317 e. The molecule has 6 nitrogen and oxygen atoms in total. The lowest BCUT2D eigenvalue weighted by Gasteiger charge is -2.38. The van der Waals surface area contributed by atoms with Crippen molar-refractivity contribution in [3.8, 4) is 0 Å². The first kappa shape index (κ1) is 12.5. The summed E-state index contributed by atoms with van der Waals surface area (Å²) in [6.45, 7) is 3.59. The molecule has 1 aliphatic heterocycles. The van der Waals surface area contributed by atoms with E-state index in [1.807, 2.05) is 11.1 Å². The number of rotatable bonds is 2. The maximum atomic E-state index is 12.1. The number of urea groups is 1. The average molecular weight is 263 g/mol. The first-order valence-electron chi connectivity index (χ1n) is 6.95. The Labute approximate surface area is 113 Å². The fourth-order valence-corrected chi connectivity index (χ4v) is 2.74. The summed E-state index contributed by atoms with van der Waals surface area (Å²) < 4.78 is 0. The third kappa shape index (κ3) is 2.73. The Morgan fingerprint density at radius 1 is 1.37 bits per heavy atom. The minimum Gasteiger partial charge on any atom is -0.348 e. The zero-order valence-electron chi connectivity index (χ0n) is 11.3. The number of imidazole rings is 1. The Bertz CT molecular complexity index is 418. The predicted molar refractivity (Wildman–Crippen MR) is 72.0 cm³/mol. The SMILES string of the molecule is CN1CCN(C(=O)NC2CC(c3ncc[nH]3)C2)CC1. The summed E-state index contributed by atoms with van der Waals surface area (Å²) >= 11 is 0. The van der Waals surface area contributed by atoms with Crippen molar-refractivity contribution in [1.82, 2.24) is 25.1 Å². The number of nitrogens with zero attached hydrogens (tertiary/aromatic N) is 3. The molecule has 1 aromatic heterocycles. The van der Waals surface area contributed by atoms with Crippen LogP contribution in [0.1, 0.15) is 24.6 Å². The first-order chi connectivity index (χ1) is 9.22. The molecule has 2 heterocycles. The van der Waals surface area contributed by atoms with Gasteiger partial charge in [-0.15, -0.1) is 0 Å². The van der Waals surface area contributed by atoms with E-state index in [2.05, 4.69) is 27.2 Å². The largest absolute Gasteiger partial charge is 0.348 e. The highest BCUT2D eigenvalue weighted by atomic mass is 16.2. The van der Waals surface area contributed by atoms with E-state index in [0.717, 1.165) is 44.8 Å². The van der Waals surface area contributed by atoms with Gasteiger partial charge >= 0.3 is 6.03 Å². The van der Waals surface area contributed by atoms with E-state index in [1.165, 1.54) is 0 Å². The van der Waals surface area contributed by atoms with Gasteiger partial charge in [-0.2, -0.15) is 0 Å². The van der Waals surface area contributed by atoms with Crippen LogP contribution in [-0.4, -0.2) is 65.1 Å². The van der Waals surface area contributed by atoms with E-state index >= 15 is 0 Å². The molecule has 2 amide bonds. The number of likely N-dealkylation sites (N-methyl/N-ethyl adjacent to an activating group) is 1. The van der Waals surface area contributed by atoms with E-state index in [1.54, 1.807) is 6.20 Å². The normalized spacial score (nSPS) is 27.9. The smallest absolute Gasteiger partial charge is 0.317 e. The van der Waals surface area contributed by atoms with Crippen LogP contribution in [0.4, 0.5) is 4.79 Å². The van der Waals surface area contributed by atoms with Crippen molar-refractivity contribution >= 4 is 6.03 Å². The third-order valence-electron chi connectivity index (χ3n) is 4.16. The van der Waals surface area contributed by atoms with Gasteiger partial charge in [0.1, 0.15) is 5.82 Å². The molecule has 1 saturated heterocycles. The van der Waals surface area contributed by atoms with Crippen LogP contribution in [0.25, 0.3) is 0 Å². The lowest BCUT2D eigenvalue weighted by molar-refractivity contribution is 0.145. The van der Waals surface area contributed by atoms with Crippen LogP contribution >= 0.6 is 0 Å². The van der Waals surface area contributed by atoms with E-state index < -0.39 is 0 Å². The summed E-state index contributed by atoms with van der Waals surface area (Å²) in [5, 5.41) is 3.12. The zero-order valence-corrected chi connectivity index (χ0v) is 11.3. The standard InChI is InChI=1S/C13H21N5O/c1-17-4-6-18(7-5-17)13(19)16-11-8-10(9-11)12-14-2-3-15-12/h2-3,10-11H,4-9H2,1H3,(H,14,15)(H,16,19). The van der Waals surface area contributed by atoms with E-state index in [9.17, 15) is 4.79 Å². The number of hydrogen-bond acceptors (Lipinski definition) is 3. The lowest BCUT2D eigenvalue weighted by atomic mass is 9.80. The number of carbonyl (C=O) groups excluding carboxylic acids is 1. The number of carbonyl (C=O) groups is 1. The van der Waals surface area contributed by atoms with Crippen molar-refractivity contribution in [2.75, 3.05) is 33.2 Å². The van der Waals surface area contributed by atoms with Crippen LogP contribution in [0, 0.1) is 0 Å². The quantitative estimate of drug-likeness (QED) is 0.822. The van der Waals surface area contributed by atoms with Gasteiger partial charge in [0, 0.05) is 50.5 Å². The molecular weight excluding hydrogens is 242 g/mol. The Morgan fingerprint density at radius 3 is 2.74 bits per heavy atom. The molecule has 2 fully saturated rings. The van der Waals surface area contributed by atoms with Gasteiger partial charge in [-0.05, 0) is 19.9 Å². The highest BCUT2D eigenvalue weighted by molar-refractivity contribution is 5.74. The molecule has 0 bridgehead atoms. The molecule has 6 heteroatoms. The van der Waals surface area contributed by atoms with Gasteiger partial charge in [-0.1, -0.05) is 0 Å². The van der Waals surface area contributed by atoms with Gasteiger partial charge in [0.25, 0.3) is 0 Å². The van der Waals surface area contributed by atoms with Crippen molar-refractivity contribution in [1.29, 1.82) is 0 Å². The van der Waals surface area contributed by atoms with Crippen molar-refractivity contribution in [3.05, 3.63) is 18.2 Å². The highest BCUT2D eigenvalue weighted by Gasteiger charge is 2.34. The number of nitrogens with one attached hydrogen (secondary N) is 2. The third-order valence-corrected chi connectivity index (χ3v) is 4.16. The van der Waals surface area contributed by atoms with Crippen LogP contribution in [0.2, 0.25) is 0 Å². The van der Waals surface area contributed by atoms with Crippen molar-refractivity contribution in [3.63, 3.8) is 0 Å². The molecule has 1 saturated carbocycles. The second kappa shape index (κ2) is 5.21. The summed E-state index contributed by atoms with van der Waals surface area (Å²) in [6, 6.07) is 0.401. The minimum atomic E-state index is 0.0935. The fourth-order valence-electron chi connectivity index (χ4n) is 2.74. The van der Waals surface area contributed by atoms with Crippen LogP contribution in [0.5, 0.6) is 0 Å². The van der Waals surface area contributed by atoms with Crippen LogP contribution in [0.3, 0.4) is 0 Å². The highest BCUT2D eigenvalue weighted by Crippen LogP contribution is 2.34. The van der Waals surface area contributed by atoms with Crippen molar-refractivity contribution < 1.29 is 4.79 Å². The summed E-state index contributed by atoms with van der Waals surface area (Å²) in [5.41, 5.74) is 0. The molecule has 1 aromatic rings. The number of piperazine rings is 1. The van der Waals surface area contributed by atoms with Gasteiger partial charge < -0.3 is 20.1 Å².